The second-order valence-corrected chi connectivity index (χ2v) is 8.86. The van der Waals surface area contributed by atoms with Crippen LogP contribution in [-0.4, -0.2) is 24.0 Å². The highest BCUT2D eigenvalue weighted by atomic mass is 16.6. The van der Waals surface area contributed by atoms with Gasteiger partial charge in [0.15, 0.2) is 0 Å². The van der Waals surface area contributed by atoms with Gasteiger partial charge in [-0.3, -0.25) is 4.79 Å². The lowest BCUT2D eigenvalue weighted by molar-refractivity contribution is -0.156. The number of carbonyl (C=O) groups excluding carboxylic acids is 3. The first kappa shape index (κ1) is 32.3. The number of unbranched alkanes of at least 4 members (excludes halogenated alkanes) is 11. The lowest BCUT2D eigenvalue weighted by atomic mass is 10.0. The fraction of sp³-hybridized carbons (Fsp3) is 0.741. The van der Waals surface area contributed by atoms with Crippen molar-refractivity contribution in [2.75, 3.05) is 0 Å². The van der Waals surface area contributed by atoms with Gasteiger partial charge < -0.3 is 9.47 Å². The van der Waals surface area contributed by atoms with E-state index in [1.807, 2.05) is 0 Å². The maximum absolute atomic E-state index is 11.3. The topological polar surface area (TPSA) is 69.7 Å². The molecule has 0 atom stereocenters. The summed E-state index contributed by atoms with van der Waals surface area (Å²) in [7, 11) is 0. The van der Waals surface area contributed by atoms with E-state index in [4.69, 9.17) is 0 Å². The Hall–Kier alpha value is -1.91. The van der Waals surface area contributed by atoms with Crippen molar-refractivity contribution in [2.45, 2.75) is 124 Å². The number of hydrogen-bond donors (Lipinski definition) is 0. The molecule has 0 amide bonds. The van der Waals surface area contributed by atoms with Crippen LogP contribution in [0.2, 0.25) is 0 Å². The normalized spacial score (nSPS) is 10.3. The average Bonchev–Trinajstić information content (AvgIpc) is 2.73. The second kappa shape index (κ2) is 23.7. The summed E-state index contributed by atoms with van der Waals surface area (Å²) in [5, 5.41) is 0. The molecule has 0 saturated carbocycles. The lowest BCUT2D eigenvalue weighted by Crippen LogP contribution is -2.09. The molecule has 0 fully saturated rings. The Bertz CT molecular complexity index is 508. The molecule has 0 aliphatic carbocycles. The summed E-state index contributed by atoms with van der Waals surface area (Å²) in [6.45, 7) is 14.7. The van der Waals surface area contributed by atoms with Gasteiger partial charge in [0, 0.05) is 18.6 Å². The molecule has 0 spiro atoms. The summed E-state index contributed by atoms with van der Waals surface area (Å²) < 4.78 is 9.16. The number of rotatable bonds is 18. The Balaban J connectivity index is 0. The van der Waals surface area contributed by atoms with E-state index in [1.54, 1.807) is 13.8 Å². The molecule has 5 heteroatoms. The van der Waals surface area contributed by atoms with Gasteiger partial charge in [-0.25, -0.2) is 9.59 Å². The summed E-state index contributed by atoms with van der Waals surface area (Å²) in [5.41, 5.74) is 0. The van der Waals surface area contributed by atoms with Gasteiger partial charge in [0.2, 0.25) is 0 Å². The molecular weight excluding hydrogens is 404 g/mol. The molecule has 0 unspecified atom stereocenters. The van der Waals surface area contributed by atoms with Crippen molar-refractivity contribution in [1.29, 1.82) is 0 Å². The third-order valence-corrected chi connectivity index (χ3v) is 4.81. The first-order valence-corrected chi connectivity index (χ1v) is 12.4. The summed E-state index contributed by atoms with van der Waals surface area (Å²) in [4.78, 5) is 32.4. The largest absolute Gasteiger partial charge is 0.460 e. The summed E-state index contributed by atoms with van der Waals surface area (Å²) in [6, 6.07) is 0. The molecule has 0 saturated heterocycles. The van der Waals surface area contributed by atoms with Crippen LogP contribution in [0.15, 0.2) is 25.3 Å². The minimum Gasteiger partial charge on any atom is -0.460 e. The monoisotopic (exact) mass is 452 g/mol. The minimum absolute atomic E-state index is 0.0412. The van der Waals surface area contributed by atoms with Crippen LogP contribution in [-0.2, 0) is 23.9 Å². The second-order valence-electron chi connectivity index (χ2n) is 8.86. The van der Waals surface area contributed by atoms with Crippen molar-refractivity contribution >= 4 is 17.9 Å². The van der Waals surface area contributed by atoms with Crippen LogP contribution in [0.4, 0.5) is 0 Å². The molecule has 0 aliphatic heterocycles. The van der Waals surface area contributed by atoms with Crippen LogP contribution >= 0.6 is 0 Å². The predicted octanol–water partition coefficient (Wildman–Crippen LogP) is 7.48. The predicted molar refractivity (Wildman–Crippen MR) is 132 cm³/mol. The van der Waals surface area contributed by atoms with Crippen LogP contribution in [0, 0.1) is 5.92 Å². The highest BCUT2D eigenvalue weighted by molar-refractivity contribution is 5.91. The molecule has 0 radical (unpaired) electrons. The quantitative estimate of drug-likeness (QED) is 0.0932. The fourth-order valence-corrected chi connectivity index (χ4v) is 3.08. The Kier molecular flexibility index (Phi) is 23.9. The molecule has 0 aromatic carbocycles. The zero-order valence-electron chi connectivity index (χ0n) is 21.2. The van der Waals surface area contributed by atoms with Crippen LogP contribution < -0.4 is 0 Å². The van der Waals surface area contributed by atoms with E-state index in [1.165, 1.54) is 64.2 Å². The van der Waals surface area contributed by atoms with Gasteiger partial charge in [-0.15, -0.1) is 0 Å². The standard InChI is InChI=1S/C21H38O3.C6H10O2/c1-4-20(22)24-21(23)18-16-14-12-10-8-6-5-7-9-11-13-15-17-19(2)3;1-4-6(7)8-5(2)3/h4,19H,1,5-18H2,2-3H3;4-5H,1H2,2-3H3. The fourth-order valence-electron chi connectivity index (χ4n) is 3.08. The van der Waals surface area contributed by atoms with Gasteiger partial charge >= 0.3 is 17.9 Å². The Morgan fingerprint density at radius 3 is 1.41 bits per heavy atom. The van der Waals surface area contributed by atoms with E-state index in [0.717, 1.165) is 37.3 Å². The first-order chi connectivity index (χ1) is 15.2. The van der Waals surface area contributed by atoms with E-state index >= 15 is 0 Å². The van der Waals surface area contributed by atoms with Gasteiger partial charge in [-0.05, 0) is 26.2 Å². The smallest absolute Gasteiger partial charge is 0.337 e. The van der Waals surface area contributed by atoms with Gasteiger partial charge in [-0.1, -0.05) is 104 Å². The maximum atomic E-state index is 11.3. The van der Waals surface area contributed by atoms with Gasteiger partial charge in [0.05, 0.1) is 6.10 Å². The first-order valence-electron chi connectivity index (χ1n) is 12.4. The third-order valence-electron chi connectivity index (χ3n) is 4.81. The Morgan fingerprint density at radius 2 is 1.06 bits per heavy atom. The Morgan fingerprint density at radius 1 is 0.656 bits per heavy atom. The molecule has 0 heterocycles. The molecular formula is C27H48O5. The zero-order chi connectivity index (χ0) is 24.6. The van der Waals surface area contributed by atoms with E-state index in [0.29, 0.717) is 6.42 Å². The van der Waals surface area contributed by atoms with Crippen molar-refractivity contribution in [2.24, 2.45) is 5.92 Å². The van der Waals surface area contributed by atoms with Crippen LogP contribution in [0.5, 0.6) is 0 Å². The number of hydrogen-bond acceptors (Lipinski definition) is 5. The van der Waals surface area contributed by atoms with E-state index < -0.39 is 11.9 Å². The number of carbonyl (C=O) groups is 3. The van der Waals surface area contributed by atoms with Crippen LogP contribution in [0.3, 0.4) is 0 Å². The van der Waals surface area contributed by atoms with Gasteiger partial charge in [0.1, 0.15) is 0 Å². The number of esters is 3. The molecule has 32 heavy (non-hydrogen) atoms. The zero-order valence-corrected chi connectivity index (χ0v) is 21.2. The summed E-state index contributed by atoms with van der Waals surface area (Å²) >= 11 is 0. The highest BCUT2D eigenvalue weighted by Crippen LogP contribution is 2.14. The van der Waals surface area contributed by atoms with E-state index in [9.17, 15) is 14.4 Å². The van der Waals surface area contributed by atoms with E-state index in [2.05, 4.69) is 36.5 Å². The third kappa shape index (κ3) is 28.1. The maximum Gasteiger partial charge on any atom is 0.337 e. The van der Waals surface area contributed by atoms with Crippen molar-refractivity contribution in [3.63, 3.8) is 0 Å². The van der Waals surface area contributed by atoms with E-state index in [-0.39, 0.29) is 12.1 Å². The van der Waals surface area contributed by atoms with Crippen LogP contribution in [0.25, 0.3) is 0 Å². The van der Waals surface area contributed by atoms with Crippen molar-refractivity contribution in [1.82, 2.24) is 0 Å². The number of ether oxygens (including phenoxy) is 2. The van der Waals surface area contributed by atoms with Gasteiger partial charge in [-0.2, -0.15) is 0 Å². The minimum atomic E-state index is -0.653. The highest BCUT2D eigenvalue weighted by Gasteiger charge is 2.06. The molecule has 5 nitrogen and oxygen atoms in total. The van der Waals surface area contributed by atoms with Crippen molar-refractivity contribution in [3.8, 4) is 0 Å². The molecule has 0 aromatic rings. The summed E-state index contributed by atoms with van der Waals surface area (Å²) in [5.74, 6) is -0.599. The molecule has 0 bridgehead atoms. The molecule has 0 aromatic heterocycles. The lowest BCUT2D eigenvalue weighted by Gasteiger charge is -2.05. The molecule has 186 valence electrons. The van der Waals surface area contributed by atoms with Crippen molar-refractivity contribution < 1.29 is 23.9 Å². The van der Waals surface area contributed by atoms with Crippen molar-refractivity contribution in [3.05, 3.63) is 25.3 Å². The Labute approximate surface area is 197 Å². The van der Waals surface area contributed by atoms with Gasteiger partial charge in [0.25, 0.3) is 0 Å². The molecule has 0 aliphatic rings. The summed E-state index contributed by atoms with van der Waals surface area (Å²) in [6.07, 6.45) is 19.1. The average molecular weight is 453 g/mol. The molecule has 0 rings (SSSR count). The SMILES string of the molecule is C=CC(=O)OC(=O)CCCCCCCCCCCCCCC(C)C.C=CC(=O)OC(C)C. The van der Waals surface area contributed by atoms with Crippen LogP contribution in [0.1, 0.15) is 118 Å². The molecule has 0 N–H and O–H groups in total.